The highest BCUT2D eigenvalue weighted by molar-refractivity contribution is 8.01. The topological polar surface area (TPSA) is 101 Å². The maximum Gasteiger partial charge on any atom is 0.523 e. The third-order valence-electron chi connectivity index (χ3n) is 3.14. The van der Waals surface area contributed by atoms with Crippen molar-refractivity contribution in [1.29, 1.82) is 0 Å². The van der Waals surface area contributed by atoms with Crippen LogP contribution in [0.25, 0.3) is 0 Å². The second-order valence-corrected chi connectivity index (χ2v) is 8.35. The molecule has 3 atom stereocenters. The van der Waals surface area contributed by atoms with Gasteiger partial charge in [-0.3, -0.25) is 4.79 Å². The first-order chi connectivity index (χ1) is 9.29. The van der Waals surface area contributed by atoms with E-state index in [0.29, 0.717) is 0 Å². The van der Waals surface area contributed by atoms with Gasteiger partial charge in [-0.25, -0.2) is 8.98 Å². The second-order valence-electron chi connectivity index (χ2n) is 5.01. The maximum absolute atomic E-state index is 12.2. The zero-order chi connectivity index (χ0) is 16.4. The van der Waals surface area contributed by atoms with E-state index < -0.39 is 49.8 Å². The lowest BCUT2D eigenvalue weighted by Crippen LogP contribution is -2.67. The number of alkyl halides is 3. The summed E-state index contributed by atoms with van der Waals surface area (Å²) in [6, 6.07) is -1.26. The summed E-state index contributed by atoms with van der Waals surface area (Å²) in [5.41, 5.74) is -5.64. The predicted molar refractivity (Wildman–Crippen MR) is 63.6 cm³/mol. The average molecular weight is 349 g/mol. The molecule has 0 saturated carbocycles. The maximum atomic E-state index is 12.2. The molecule has 7 nitrogen and oxygen atoms in total. The molecule has 2 fully saturated rings. The van der Waals surface area contributed by atoms with Crippen LogP contribution < -0.4 is 0 Å². The quantitative estimate of drug-likeness (QED) is 0.446. The van der Waals surface area contributed by atoms with Crippen LogP contribution in [-0.2, 0) is 23.9 Å². The van der Waals surface area contributed by atoms with Crippen molar-refractivity contribution in [2.24, 2.45) is 0 Å². The fourth-order valence-electron chi connectivity index (χ4n) is 2.26. The minimum atomic E-state index is -5.91. The number of carbonyl (C=O) groups excluding carboxylic acids is 1. The van der Waals surface area contributed by atoms with Crippen LogP contribution in [-0.4, -0.2) is 58.1 Å². The molecule has 0 aliphatic carbocycles. The molecule has 120 valence electrons. The number of nitrogens with zero attached hydrogens (tertiary/aromatic N) is 1. The number of carboxylic acids is 1. The number of hydrogen-bond acceptors (Lipinski definition) is 6. The number of thioether (sulfide) groups is 1. The van der Waals surface area contributed by atoms with Gasteiger partial charge >= 0.3 is 21.6 Å². The average Bonchev–Trinajstić information content (AvgIpc) is 2.53. The number of carboxylic acid groups (broad SMARTS) is 1. The van der Waals surface area contributed by atoms with Crippen LogP contribution in [0.3, 0.4) is 0 Å². The van der Waals surface area contributed by atoms with E-state index in [9.17, 15) is 31.2 Å². The molecule has 2 saturated heterocycles. The molecule has 0 spiro atoms. The third kappa shape index (κ3) is 2.38. The Balaban J connectivity index is 2.23. The Bertz CT molecular complexity index is 601. The molecule has 2 aliphatic rings. The van der Waals surface area contributed by atoms with Crippen molar-refractivity contribution in [3.8, 4) is 0 Å². The summed E-state index contributed by atoms with van der Waals surface area (Å²) in [6.07, 6.45) is -1.86. The summed E-state index contributed by atoms with van der Waals surface area (Å²) >= 11 is 0.885. The molecule has 0 aromatic rings. The molecule has 21 heavy (non-hydrogen) atoms. The lowest BCUT2D eigenvalue weighted by Gasteiger charge is -2.42. The van der Waals surface area contributed by atoms with Crippen molar-refractivity contribution in [2.45, 2.75) is 41.6 Å². The molecular weight excluding hydrogens is 339 g/mol. The SMILES string of the molecule is CC1(C)S[C@@H]2[C@H](OS(=O)(=O)C(F)(F)F)C(=O)N2[C@H]1C(=O)O. The fourth-order valence-corrected chi connectivity index (χ4v) is 4.50. The van der Waals surface area contributed by atoms with Gasteiger partial charge in [0.05, 0.1) is 0 Å². The van der Waals surface area contributed by atoms with Gasteiger partial charge in [0.15, 0.2) is 6.10 Å². The second kappa shape index (κ2) is 4.49. The number of carbonyl (C=O) groups is 2. The van der Waals surface area contributed by atoms with Gasteiger partial charge < -0.3 is 10.0 Å². The lowest BCUT2D eigenvalue weighted by molar-refractivity contribution is -0.168. The summed E-state index contributed by atoms with van der Waals surface area (Å²) < 4.78 is 61.5. The summed E-state index contributed by atoms with van der Waals surface area (Å²) in [6.45, 7) is 2.99. The monoisotopic (exact) mass is 349 g/mol. The normalized spacial score (nSPS) is 31.8. The summed E-state index contributed by atoms with van der Waals surface area (Å²) in [7, 11) is -5.91. The van der Waals surface area contributed by atoms with Crippen molar-refractivity contribution in [3.63, 3.8) is 0 Å². The van der Waals surface area contributed by atoms with Crippen molar-refractivity contribution in [2.75, 3.05) is 0 Å². The van der Waals surface area contributed by atoms with Gasteiger partial charge in [0.2, 0.25) is 0 Å². The van der Waals surface area contributed by atoms with E-state index in [-0.39, 0.29) is 0 Å². The molecule has 0 aromatic heterocycles. The summed E-state index contributed by atoms with van der Waals surface area (Å²) in [5.74, 6) is -2.40. The van der Waals surface area contributed by atoms with Crippen LogP contribution in [0, 0.1) is 0 Å². The zero-order valence-corrected chi connectivity index (χ0v) is 12.3. The summed E-state index contributed by atoms with van der Waals surface area (Å²) in [5, 5.41) is 8.01. The van der Waals surface area contributed by atoms with Gasteiger partial charge in [-0.2, -0.15) is 21.6 Å². The Kier molecular flexibility index (Phi) is 3.50. The van der Waals surface area contributed by atoms with Crippen LogP contribution in [0.1, 0.15) is 13.8 Å². The highest BCUT2D eigenvalue weighted by atomic mass is 32.2. The first-order valence-corrected chi connectivity index (χ1v) is 7.81. The van der Waals surface area contributed by atoms with E-state index in [4.69, 9.17) is 5.11 Å². The zero-order valence-electron chi connectivity index (χ0n) is 10.6. The smallest absolute Gasteiger partial charge is 0.480 e. The minimum absolute atomic E-state index is 0.837. The largest absolute Gasteiger partial charge is 0.523 e. The molecule has 1 amide bonds. The van der Waals surface area contributed by atoms with Crippen molar-refractivity contribution >= 4 is 33.8 Å². The molecule has 0 unspecified atom stereocenters. The Labute approximate surface area is 121 Å². The van der Waals surface area contributed by atoms with Crippen LogP contribution in [0.5, 0.6) is 0 Å². The van der Waals surface area contributed by atoms with E-state index in [1.54, 1.807) is 0 Å². The molecule has 2 heterocycles. The molecule has 1 N–H and O–H groups in total. The number of halogens is 3. The van der Waals surface area contributed by atoms with Crippen LogP contribution in [0.2, 0.25) is 0 Å². The van der Waals surface area contributed by atoms with Crippen LogP contribution in [0.4, 0.5) is 13.2 Å². The Morgan fingerprint density at radius 1 is 1.43 bits per heavy atom. The van der Waals surface area contributed by atoms with Crippen molar-refractivity contribution in [3.05, 3.63) is 0 Å². The van der Waals surface area contributed by atoms with Gasteiger partial charge in [0.1, 0.15) is 11.4 Å². The molecule has 0 aromatic carbocycles. The molecule has 2 aliphatic heterocycles. The van der Waals surface area contributed by atoms with Gasteiger partial charge in [0, 0.05) is 4.75 Å². The first kappa shape index (κ1) is 16.4. The summed E-state index contributed by atoms with van der Waals surface area (Å²) in [4.78, 5) is 23.7. The fraction of sp³-hybridized carbons (Fsp3) is 0.778. The Morgan fingerprint density at radius 2 is 1.95 bits per heavy atom. The molecule has 12 heteroatoms. The predicted octanol–water partition coefficient (Wildman–Crippen LogP) is 0.368. The molecule has 0 bridgehead atoms. The van der Waals surface area contributed by atoms with Crippen LogP contribution >= 0.6 is 11.8 Å². The molecule has 2 rings (SSSR count). The number of fused-ring (bicyclic) bond motifs is 1. The number of aliphatic carboxylic acids is 1. The Hall–Kier alpha value is -1.01. The van der Waals surface area contributed by atoms with Gasteiger partial charge in [-0.1, -0.05) is 0 Å². The number of rotatable bonds is 3. The van der Waals surface area contributed by atoms with E-state index in [0.717, 1.165) is 16.7 Å². The lowest BCUT2D eigenvalue weighted by atomic mass is 9.97. The third-order valence-corrected chi connectivity index (χ3v) is 5.71. The van der Waals surface area contributed by atoms with Gasteiger partial charge in [0.25, 0.3) is 5.91 Å². The highest BCUT2D eigenvalue weighted by Crippen LogP contribution is 2.52. The van der Waals surface area contributed by atoms with E-state index in [2.05, 4.69) is 4.18 Å². The van der Waals surface area contributed by atoms with Crippen LogP contribution in [0.15, 0.2) is 0 Å². The number of amides is 1. The van der Waals surface area contributed by atoms with Gasteiger partial charge in [-0.05, 0) is 13.8 Å². The van der Waals surface area contributed by atoms with E-state index in [1.165, 1.54) is 13.8 Å². The van der Waals surface area contributed by atoms with Crippen molar-refractivity contribution < 1.29 is 40.5 Å². The van der Waals surface area contributed by atoms with Crippen molar-refractivity contribution in [1.82, 2.24) is 4.90 Å². The number of β-lactam (4-membered cyclic amide) rings is 1. The standard InChI is InChI=1S/C9H10F3NO6S2/c1-8(2)4(7(15)16)13-5(14)3(6(13)20-8)19-21(17,18)9(10,11)12/h3-4,6H,1-2H3,(H,15,16)/t3-,4+,6-/m1/s1. The molecular formula is C9H10F3NO6S2. The van der Waals surface area contributed by atoms with E-state index >= 15 is 0 Å². The van der Waals surface area contributed by atoms with E-state index in [1.807, 2.05) is 0 Å². The number of hydrogen-bond donors (Lipinski definition) is 1. The Morgan fingerprint density at radius 3 is 2.38 bits per heavy atom. The first-order valence-electron chi connectivity index (χ1n) is 5.52. The van der Waals surface area contributed by atoms with Gasteiger partial charge in [-0.15, -0.1) is 11.8 Å². The minimum Gasteiger partial charge on any atom is -0.480 e. The highest BCUT2D eigenvalue weighted by Gasteiger charge is 2.66. The molecule has 0 radical (unpaired) electrons.